The van der Waals surface area contributed by atoms with Gasteiger partial charge in [0.2, 0.25) is 5.91 Å². The molecule has 3 atom stereocenters. The van der Waals surface area contributed by atoms with Crippen molar-refractivity contribution in [2.24, 2.45) is 0 Å². The summed E-state index contributed by atoms with van der Waals surface area (Å²) in [5, 5.41) is 13.7. The van der Waals surface area contributed by atoms with Crippen LogP contribution in [0.4, 0.5) is 0 Å². The van der Waals surface area contributed by atoms with Crippen molar-refractivity contribution in [2.45, 2.75) is 57.7 Å². The second-order valence-corrected chi connectivity index (χ2v) is 8.09. The Morgan fingerprint density at radius 3 is 2.82 bits per heavy atom. The van der Waals surface area contributed by atoms with Gasteiger partial charge in [-0.3, -0.25) is 9.69 Å². The van der Waals surface area contributed by atoms with Crippen molar-refractivity contribution in [2.75, 3.05) is 26.3 Å². The van der Waals surface area contributed by atoms with Crippen LogP contribution in [-0.2, 0) is 16.0 Å². The molecule has 1 amide bonds. The van der Waals surface area contributed by atoms with Gasteiger partial charge in [0.25, 0.3) is 0 Å². The number of benzene rings is 1. The maximum atomic E-state index is 12.4. The zero-order chi connectivity index (χ0) is 19.7. The van der Waals surface area contributed by atoms with Gasteiger partial charge in [-0.1, -0.05) is 0 Å². The topological polar surface area (TPSA) is 90.5 Å². The number of hydrogen-bond donors (Lipinski definition) is 3. The summed E-state index contributed by atoms with van der Waals surface area (Å²) in [6, 6.07) is 4.13. The molecule has 2 heterocycles. The molecule has 1 aromatic heterocycles. The average Bonchev–Trinajstić information content (AvgIpc) is 3.24. The van der Waals surface area contributed by atoms with E-state index < -0.39 is 6.10 Å². The van der Waals surface area contributed by atoms with Crippen LogP contribution < -0.4 is 5.32 Å². The molecular weight excluding hydrogens is 356 g/mol. The summed E-state index contributed by atoms with van der Waals surface area (Å²) in [5.74, 6) is 0.799. The number of morpholine rings is 1. The molecule has 3 N–H and O–H groups in total. The van der Waals surface area contributed by atoms with Crippen LogP contribution in [0, 0.1) is 13.8 Å². The number of aliphatic hydroxyl groups is 1. The number of aliphatic hydroxyl groups excluding tert-OH is 1. The Morgan fingerprint density at radius 1 is 1.29 bits per heavy atom. The molecule has 1 aliphatic carbocycles. The average molecular weight is 386 g/mol. The quantitative estimate of drug-likeness (QED) is 0.724. The Kier molecular flexibility index (Phi) is 5.66. The number of amides is 1. The molecule has 7 nitrogen and oxygen atoms in total. The van der Waals surface area contributed by atoms with Crippen LogP contribution in [-0.4, -0.2) is 70.4 Å². The molecule has 2 aromatic rings. The van der Waals surface area contributed by atoms with Gasteiger partial charge in [-0.05, 0) is 49.9 Å². The van der Waals surface area contributed by atoms with E-state index in [4.69, 9.17) is 4.74 Å². The highest BCUT2D eigenvalue weighted by Crippen LogP contribution is 2.26. The SMILES string of the molecule is Cc1cc2nc(CCC(=O)N[C@@H]3CC[C@@H](N4CCOCC4)[C@@H]3O)[nH]c2cc1C. The molecule has 2 fully saturated rings. The van der Waals surface area contributed by atoms with Gasteiger partial charge >= 0.3 is 0 Å². The molecule has 1 aliphatic heterocycles. The second-order valence-electron chi connectivity index (χ2n) is 8.09. The van der Waals surface area contributed by atoms with Gasteiger partial charge in [0.1, 0.15) is 5.82 Å². The highest BCUT2D eigenvalue weighted by molar-refractivity contribution is 5.78. The summed E-state index contributed by atoms with van der Waals surface area (Å²) >= 11 is 0. The van der Waals surface area contributed by atoms with Crippen LogP contribution in [0.1, 0.15) is 36.2 Å². The molecule has 0 radical (unpaired) electrons. The van der Waals surface area contributed by atoms with Crippen LogP contribution in [0.5, 0.6) is 0 Å². The molecule has 1 saturated heterocycles. The first kappa shape index (κ1) is 19.4. The van der Waals surface area contributed by atoms with E-state index in [0.29, 0.717) is 12.8 Å². The highest BCUT2D eigenvalue weighted by atomic mass is 16.5. The van der Waals surface area contributed by atoms with Gasteiger partial charge in [-0.2, -0.15) is 0 Å². The van der Waals surface area contributed by atoms with Crippen molar-refractivity contribution in [1.29, 1.82) is 0 Å². The number of aryl methyl sites for hydroxylation is 3. The molecule has 1 saturated carbocycles. The number of fused-ring (bicyclic) bond motifs is 1. The lowest BCUT2D eigenvalue weighted by Gasteiger charge is -2.34. The first-order valence-corrected chi connectivity index (χ1v) is 10.3. The van der Waals surface area contributed by atoms with Crippen molar-refractivity contribution >= 4 is 16.9 Å². The third-order valence-electron chi connectivity index (χ3n) is 6.18. The van der Waals surface area contributed by atoms with E-state index in [-0.39, 0.29) is 18.0 Å². The van der Waals surface area contributed by atoms with Crippen LogP contribution in [0.25, 0.3) is 11.0 Å². The first-order chi connectivity index (χ1) is 13.5. The van der Waals surface area contributed by atoms with E-state index in [1.165, 1.54) is 11.1 Å². The lowest BCUT2D eigenvalue weighted by molar-refractivity contribution is -0.122. The number of rotatable bonds is 5. The number of H-pyrrole nitrogens is 1. The number of nitrogens with one attached hydrogen (secondary N) is 2. The highest BCUT2D eigenvalue weighted by Gasteiger charge is 2.39. The number of nitrogens with zero attached hydrogens (tertiary/aromatic N) is 2. The Balaban J connectivity index is 1.30. The summed E-state index contributed by atoms with van der Waals surface area (Å²) in [5.41, 5.74) is 4.40. The van der Waals surface area contributed by atoms with E-state index in [1.807, 2.05) is 0 Å². The van der Waals surface area contributed by atoms with Crippen molar-refractivity contribution in [3.63, 3.8) is 0 Å². The van der Waals surface area contributed by atoms with E-state index >= 15 is 0 Å². The van der Waals surface area contributed by atoms with Gasteiger partial charge in [-0.15, -0.1) is 0 Å². The van der Waals surface area contributed by atoms with Gasteiger partial charge in [0.05, 0.1) is 36.4 Å². The van der Waals surface area contributed by atoms with Crippen molar-refractivity contribution in [1.82, 2.24) is 20.2 Å². The largest absolute Gasteiger partial charge is 0.389 e. The number of ether oxygens (including phenoxy) is 1. The molecular formula is C21H30N4O3. The maximum absolute atomic E-state index is 12.4. The van der Waals surface area contributed by atoms with Gasteiger partial charge in [-0.25, -0.2) is 4.98 Å². The minimum absolute atomic E-state index is 0.0282. The lowest BCUT2D eigenvalue weighted by atomic mass is 10.1. The van der Waals surface area contributed by atoms with Crippen molar-refractivity contribution < 1.29 is 14.6 Å². The molecule has 4 rings (SSSR count). The first-order valence-electron chi connectivity index (χ1n) is 10.3. The molecule has 0 spiro atoms. The zero-order valence-corrected chi connectivity index (χ0v) is 16.7. The fourth-order valence-corrected chi connectivity index (χ4v) is 4.38. The number of imidazole rings is 1. The summed E-state index contributed by atoms with van der Waals surface area (Å²) in [7, 11) is 0. The minimum atomic E-state index is -0.515. The van der Waals surface area contributed by atoms with E-state index in [0.717, 1.165) is 56.0 Å². The normalized spacial score (nSPS) is 26.0. The Morgan fingerprint density at radius 2 is 2.04 bits per heavy atom. The molecule has 0 bridgehead atoms. The summed E-state index contributed by atoms with van der Waals surface area (Å²) in [6.45, 7) is 7.31. The minimum Gasteiger partial charge on any atom is -0.389 e. The molecule has 0 unspecified atom stereocenters. The monoisotopic (exact) mass is 386 g/mol. The predicted octanol–water partition coefficient (Wildman–Crippen LogP) is 1.45. The van der Waals surface area contributed by atoms with Crippen molar-refractivity contribution in [3.8, 4) is 0 Å². The van der Waals surface area contributed by atoms with Crippen molar-refractivity contribution in [3.05, 3.63) is 29.1 Å². The lowest BCUT2D eigenvalue weighted by Crippen LogP contribution is -2.51. The van der Waals surface area contributed by atoms with E-state index in [1.54, 1.807) is 0 Å². The maximum Gasteiger partial charge on any atom is 0.220 e. The van der Waals surface area contributed by atoms with Crippen LogP contribution in [0.2, 0.25) is 0 Å². The number of carbonyl (C=O) groups is 1. The Labute approximate surface area is 165 Å². The second kappa shape index (κ2) is 8.19. The molecule has 7 heteroatoms. The van der Waals surface area contributed by atoms with Crippen LogP contribution in [0.15, 0.2) is 12.1 Å². The predicted molar refractivity (Wildman–Crippen MR) is 107 cm³/mol. The van der Waals surface area contributed by atoms with E-state index in [9.17, 15) is 9.90 Å². The van der Waals surface area contributed by atoms with Crippen LogP contribution >= 0.6 is 0 Å². The molecule has 2 aliphatic rings. The number of aromatic amines is 1. The molecule has 28 heavy (non-hydrogen) atoms. The van der Waals surface area contributed by atoms with Gasteiger partial charge in [0, 0.05) is 32.0 Å². The Bertz CT molecular complexity index is 805. The molecule has 152 valence electrons. The summed E-state index contributed by atoms with van der Waals surface area (Å²) < 4.78 is 5.39. The third-order valence-corrected chi connectivity index (χ3v) is 6.18. The standard InChI is InChI=1S/C21H30N4O3/c1-13-11-16-17(12-14(13)2)23-19(22-16)5-6-20(26)24-15-3-4-18(21(15)27)25-7-9-28-10-8-25/h11-12,15,18,21,27H,3-10H2,1-2H3,(H,22,23)(H,24,26)/t15-,18-,21-/m1/s1. The summed E-state index contributed by atoms with van der Waals surface area (Å²) in [4.78, 5) is 22.6. The summed E-state index contributed by atoms with van der Waals surface area (Å²) in [6.07, 6.45) is 2.14. The fourth-order valence-electron chi connectivity index (χ4n) is 4.38. The number of hydrogen-bond acceptors (Lipinski definition) is 5. The van der Waals surface area contributed by atoms with Gasteiger partial charge in [0.15, 0.2) is 0 Å². The fraction of sp³-hybridized carbons (Fsp3) is 0.619. The molecule has 1 aromatic carbocycles. The van der Waals surface area contributed by atoms with Crippen LogP contribution in [0.3, 0.4) is 0 Å². The zero-order valence-electron chi connectivity index (χ0n) is 16.7. The third kappa shape index (κ3) is 4.06. The van der Waals surface area contributed by atoms with E-state index in [2.05, 4.69) is 46.2 Å². The number of aromatic nitrogens is 2. The smallest absolute Gasteiger partial charge is 0.220 e. The van der Waals surface area contributed by atoms with Gasteiger partial charge < -0.3 is 20.1 Å². The number of carbonyl (C=O) groups excluding carboxylic acids is 1. The Hall–Kier alpha value is -1.96.